The fraction of sp³-hybridized carbons (Fsp3) is 0.950. The zero-order valence-electron chi connectivity index (χ0n) is 17.5. The summed E-state index contributed by atoms with van der Waals surface area (Å²) in [7, 11) is 0. The fourth-order valence-corrected chi connectivity index (χ4v) is 3.73. The molecular weight excluding hydrogens is 453 g/mol. The normalized spacial score (nSPS) is 20.7. The van der Waals surface area contributed by atoms with Crippen molar-refractivity contribution in [1.82, 2.24) is 20.4 Å². The second-order valence-electron chi connectivity index (χ2n) is 7.61. The van der Waals surface area contributed by atoms with Gasteiger partial charge in [-0.2, -0.15) is 0 Å². The first-order chi connectivity index (χ1) is 12.8. The van der Waals surface area contributed by atoms with Crippen molar-refractivity contribution in [3.8, 4) is 0 Å². The molecule has 0 aromatic rings. The maximum atomic E-state index is 5.43. The molecule has 2 fully saturated rings. The third kappa shape index (κ3) is 10.9. The molecule has 1 atom stereocenters. The van der Waals surface area contributed by atoms with Gasteiger partial charge in [-0.15, -0.1) is 24.0 Å². The highest BCUT2D eigenvalue weighted by atomic mass is 127. The van der Waals surface area contributed by atoms with Crippen molar-refractivity contribution in [2.75, 3.05) is 65.6 Å². The summed E-state index contributed by atoms with van der Waals surface area (Å²) in [5, 5.41) is 6.87. The molecule has 2 aliphatic rings. The molecule has 7 heteroatoms. The molecule has 27 heavy (non-hydrogen) atoms. The summed E-state index contributed by atoms with van der Waals surface area (Å²) in [6, 6.07) is 0.471. The van der Waals surface area contributed by atoms with E-state index in [9.17, 15) is 0 Å². The van der Waals surface area contributed by atoms with Crippen LogP contribution < -0.4 is 10.6 Å². The highest BCUT2D eigenvalue weighted by Gasteiger charge is 2.16. The van der Waals surface area contributed by atoms with Gasteiger partial charge in [0.25, 0.3) is 0 Å². The maximum Gasteiger partial charge on any atom is 0.191 e. The van der Waals surface area contributed by atoms with E-state index in [2.05, 4.69) is 34.3 Å². The average Bonchev–Trinajstić information content (AvgIpc) is 2.69. The zero-order chi connectivity index (χ0) is 18.5. The Balaban J connectivity index is 0.00000364. The Morgan fingerprint density at radius 3 is 2.44 bits per heavy atom. The minimum Gasteiger partial charge on any atom is -0.379 e. The molecular formula is C20H42IN5O. The van der Waals surface area contributed by atoms with Gasteiger partial charge in [0.05, 0.1) is 19.8 Å². The molecule has 0 saturated carbocycles. The number of hydrogen-bond acceptors (Lipinski definition) is 4. The molecule has 0 spiro atoms. The smallest absolute Gasteiger partial charge is 0.191 e. The first-order valence-electron chi connectivity index (χ1n) is 10.9. The van der Waals surface area contributed by atoms with Crippen LogP contribution in [0.15, 0.2) is 4.99 Å². The number of aliphatic imine (C=N–C) groups is 1. The van der Waals surface area contributed by atoms with E-state index in [0.29, 0.717) is 6.04 Å². The van der Waals surface area contributed by atoms with E-state index in [4.69, 9.17) is 9.73 Å². The van der Waals surface area contributed by atoms with Gasteiger partial charge in [0.2, 0.25) is 0 Å². The molecule has 0 aromatic carbocycles. The molecule has 160 valence electrons. The molecule has 0 bridgehead atoms. The maximum absolute atomic E-state index is 5.43. The van der Waals surface area contributed by atoms with Crippen LogP contribution in [0.3, 0.4) is 0 Å². The Morgan fingerprint density at radius 2 is 1.74 bits per heavy atom. The van der Waals surface area contributed by atoms with Gasteiger partial charge in [0.15, 0.2) is 5.96 Å². The predicted octanol–water partition coefficient (Wildman–Crippen LogP) is 2.54. The second-order valence-corrected chi connectivity index (χ2v) is 7.61. The first kappa shape index (κ1) is 24.9. The van der Waals surface area contributed by atoms with Crippen LogP contribution >= 0.6 is 24.0 Å². The van der Waals surface area contributed by atoms with Crippen molar-refractivity contribution < 1.29 is 4.74 Å². The highest BCUT2D eigenvalue weighted by Crippen LogP contribution is 2.09. The van der Waals surface area contributed by atoms with E-state index < -0.39 is 0 Å². The van der Waals surface area contributed by atoms with Crippen molar-refractivity contribution >= 4 is 29.9 Å². The van der Waals surface area contributed by atoms with Crippen LogP contribution in [0.5, 0.6) is 0 Å². The minimum absolute atomic E-state index is 0. The number of hydrogen-bond donors (Lipinski definition) is 2. The number of guanidine groups is 1. The van der Waals surface area contributed by atoms with Crippen LogP contribution in [0.2, 0.25) is 0 Å². The van der Waals surface area contributed by atoms with E-state index in [1.807, 2.05) is 0 Å². The van der Waals surface area contributed by atoms with Gasteiger partial charge in [-0.25, -0.2) is 0 Å². The predicted molar refractivity (Wildman–Crippen MR) is 125 cm³/mol. The number of rotatable bonds is 10. The summed E-state index contributed by atoms with van der Waals surface area (Å²) in [5.41, 5.74) is 0. The van der Waals surface area contributed by atoms with Crippen LogP contribution in [-0.2, 0) is 4.74 Å². The van der Waals surface area contributed by atoms with Crippen molar-refractivity contribution in [3.63, 3.8) is 0 Å². The van der Waals surface area contributed by atoms with Crippen molar-refractivity contribution in [3.05, 3.63) is 0 Å². The molecule has 2 aliphatic heterocycles. The lowest BCUT2D eigenvalue weighted by Crippen LogP contribution is -2.44. The number of piperidine rings is 1. The van der Waals surface area contributed by atoms with Crippen LogP contribution in [0.25, 0.3) is 0 Å². The summed E-state index contributed by atoms with van der Waals surface area (Å²) < 4.78 is 5.43. The lowest BCUT2D eigenvalue weighted by molar-refractivity contribution is 0.0220. The van der Waals surface area contributed by atoms with Gasteiger partial charge in [0.1, 0.15) is 0 Å². The number of halogens is 1. The Bertz CT molecular complexity index is 385. The molecule has 0 aliphatic carbocycles. The van der Waals surface area contributed by atoms with Gasteiger partial charge in [0, 0.05) is 32.2 Å². The number of ether oxygens (including phenoxy) is 1. The number of unbranched alkanes of at least 4 members (excludes halogenated alkanes) is 2. The SMILES string of the molecule is CCNC(=NCC(C)N1CCOCC1)NCCCCCN1CCCCC1.I. The Kier molecular flexibility index (Phi) is 14.5. The average molecular weight is 495 g/mol. The summed E-state index contributed by atoms with van der Waals surface area (Å²) in [4.78, 5) is 9.89. The molecule has 2 heterocycles. The first-order valence-corrected chi connectivity index (χ1v) is 10.9. The van der Waals surface area contributed by atoms with E-state index in [1.165, 1.54) is 58.2 Å². The lowest BCUT2D eigenvalue weighted by Gasteiger charge is -2.31. The van der Waals surface area contributed by atoms with Crippen LogP contribution in [0.4, 0.5) is 0 Å². The van der Waals surface area contributed by atoms with Crippen LogP contribution in [0.1, 0.15) is 52.4 Å². The monoisotopic (exact) mass is 495 g/mol. The quantitative estimate of drug-likeness (QED) is 0.211. The molecule has 0 radical (unpaired) electrons. The third-order valence-electron chi connectivity index (χ3n) is 5.42. The van der Waals surface area contributed by atoms with Gasteiger partial charge in [-0.1, -0.05) is 12.8 Å². The molecule has 2 saturated heterocycles. The topological polar surface area (TPSA) is 52.1 Å². The van der Waals surface area contributed by atoms with E-state index in [1.54, 1.807) is 0 Å². The van der Waals surface area contributed by atoms with Crippen molar-refractivity contribution in [2.24, 2.45) is 4.99 Å². The summed E-state index contributed by atoms with van der Waals surface area (Å²) in [6.07, 6.45) is 8.06. The molecule has 1 unspecified atom stereocenters. The largest absolute Gasteiger partial charge is 0.379 e. The number of likely N-dealkylation sites (tertiary alicyclic amines) is 1. The van der Waals surface area contributed by atoms with Gasteiger partial charge < -0.3 is 20.3 Å². The Hall–Kier alpha value is -0.120. The summed E-state index contributed by atoms with van der Waals surface area (Å²) in [6.45, 7) is 14.8. The number of nitrogens with zero attached hydrogens (tertiary/aromatic N) is 3. The Morgan fingerprint density at radius 1 is 1.00 bits per heavy atom. The molecule has 2 N–H and O–H groups in total. The summed E-state index contributed by atoms with van der Waals surface area (Å²) in [5.74, 6) is 0.962. The molecule has 0 amide bonds. The minimum atomic E-state index is 0. The second kappa shape index (κ2) is 15.8. The third-order valence-corrected chi connectivity index (χ3v) is 5.42. The highest BCUT2D eigenvalue weighted by molar-refractivity contribution is 14.0. The van der Waals surface area contributed by atoms with E-state index >= 15 is 0 Å². The zero-order valence-corrected chi connectivity index (χ0v) is 19.9. The van der Waals surface area contributed by atoms with Crippen LogP contribution in [-0.4, -0.2) is 87.4 Å². The number of morpholine rings is 1. The standard InChI is InChI=1S/C20H41N5O.HI/c1-3-21-20(23-18-19(2)25-14-16-26-17-15-25)22-10-6-4-7-11-24-12-8-5-9-13-24;/h19H,3-18H2,1-2H3,(H2,21,22,23);1H. The molecule has 2 rings (SSSR count). The molecule has 6 nitrogen and oxygen atoms in total. The lowest BCUT2D eigenvalue weighted by atomic mass is 10.1. The Labute approximate surface area is 183 Å². The van der Waals surface area contributed by atoms with Crippen molar-refractivity contribution in [2.45, 2.75) is 58.4 Å². The van der Waals surface area contributed by atoms with Crippen molar-refractivity contribution in [1.29, 1.82) is 0 Å². The van der Waals surface area contributed by atoms with Gasteiger partial charge >= 0.3 is 0 Å². The van der Waals surface area contributed by atoms with E-state index in [0.717, 1.165) is 51.9 Å². The number of nitrogens with one attached hydrogen (secondary N) is 2. The van der Waals surface area contributed by atoms with Gasteiger partial charge in [-0.3, -0.25) is 9.89 Å². The summed E-state index contributed by atoms with van der Waals surface area (Å²) >= 11 is 0. The van der Waals surface area contributed by atoms with E-state index in [-0.39, 0.29) is 24.0 Å². The fourth-order valence-electron chi connectivity index (χ4n) is 3.73. The van der Waals surface area contributed by atoms with Crippen LogP contribution in [0, 0.1) is 0 Å². The molecule has 0 aromatic heterocycles. The van der Waals surface area contributed by atoms with Gasteiger partial charge in [-0.05, 0) is 59.2 Å².